The van der Waals surface area contributed by atoms with E-state index in [0.29, 0.717) is 18.7 Å². The summed E-state index contributed by atoms with van der Waals surface area (Å²) in [4.78, 5) is 23.6. The molecule has 0 bridgehead atoms. The number of aryl methyl sites for hydroxylation is 2. The third-order valence-corrected chi connectivity index (χ3v) is 4.53. The van der Waals surface area contributed by atoms with Gasteiger partial charge in [0.15, 0.2) is 0 Å². The molecule has 2 aromatic rings. The van der Waals surface area contributed by atoms with E-state index < -0.39 is 11.4 Å². The Bertz CT molecular complexity index is 827. The number of rotatable bonds is 8. The summed E-state index contributed by atoms with van der Waals surface area (Å²) in [5.74, 6) is -0.284. The Hall–Kier alpha value is -2.82. The van der Waals surface area contributed by atoms with Crippen LogP contribution in [-0.2, 0) is 4.79 Å². The largest absolute Gasteiger partial charge is 0.493 e. The molecule has 0 aliphatic carbocycles. The number of carbonyl (C=O) groups excluding carboxylic acids is 1. The first kappa shape index (κ1) is 20.5. The fraction of sp³-hybridized carbons (Fsp3) is 0.364. The number of benzene rings is 2. The highest BCUT2D eigenvalue weighted by atomic mass is 16.5. The lowest BCUT2D eigenvalue weighted by Gasteiger charge is -2.24. The Morgan fingerprint density at radius 2 is 1.85 bits per heavy atom. The minimum absolute atomic E-state index is 0.142. The molecular weight excluding hydrogens is 342 g/mol. The third-order valence-electron chi connectivity index (χ3n) is 4.53. The molecule has 0 aromatic heterocycles. The van der Waals surface area contributed by atoms with Gasteiger partial charge in [-0.2, -0.15) is 0 Å². The van der Waals surface area contributed by atoms with Crippen LogP contribution in [0.25, 0.3) is 0 Å². The summed E-state index contributed by atoms with van der Waals surface area (Å²) in [5, 5.41) is 11.9. The molecule has 2 aromatic carbocycles. The molecule has 2 rings (SSSR count). The van der Waals surface area contributed by atoms with Gasteiger partial charge in [-0.25, -0.2) is 4.79 Å². The fourth-order valence-electron chi connectivity index (χ4n) is 2.70. The van der Waals surface area contributed by atoms with E-state index in [0.717, 1.165) is 23.3 Å². The van der Waals surface area contributed by atoms with Gasteiger partial charge in [0.1, 0.15) is 5.75 Å². The lowest BCUT2D eigenvalue weighted by Crippen LogP contribution is -2.31. The molecule has 0 fully saturated rings. The van der Waals surface area contributed by atoms with Crippen molar-refractivity contribution in [3.05, 3.63) is 59.2 Å². The molecule has 1 amide bonds. The summed E-state index contributed by atoms with van der Waals surface area (Å²) < 4.78 is 5.86. The predicted molar refractivity (Wildman–Crippen MR) is 106 cm³/mol. The van der Waals surface area contributed by atoms with Crippen LogP contribution < -0.4 is 10.1 Å². The quantitative estimate of drug-likeness (QED) is 0.654. The minimum Gasteiger partial charge on any atom is -0.493 e. The topological polar surface area (TPSA) is 75.6 Å². The van der Waals surface area contributed by atoms with E-state index in [4.69, 9.17) is 9.84 Å². The SMILES string of the molecule is Cc1ccc(C)c(OCCCC(C)(C)C(=O)Nc2cccc(C(=O)O)c2)c1. The molecule has 0 radical (unpaired) electrons. The van der Waals surface area contributed by atoms with Gasteiger partial charge in [-0.3, -0.25) is 4.79 Å². The van der Waals surface area contributed by atoms with Crippen molar-refractivity contribution in [3.8, 4) is 5.75 Å². The number of carboxylic acids is 1. The van der Waals surface area contributed by atoms with Crippen LogP contribution in [0.5, 0.6) is 5.75 Å². The summed E-state index contributed by atoms with van der Waals surface area (Å²) in [6, 6.07) is 12.4. The summed E-state index contributed by atoms with van der Waals surface area (Å²) >= 11 is 0. The molecule has 0 atom stereocenters. The second-order valence-electron chi connectivity index (χ2n) is 7.44. The Kier molecular flexibility index (Phi) is 6.61. The van der Waals surface area contributed by atoms with Crippen LogP contribution >= 0.6 is 0 Å². The number of hydrogen-bond acceptors (Lipinski definition) is 3. The van der Waals surface area contributed by atoms with E-state index in [1.165, 1.54) is 12.1 Å². The van der Waals surface area contributed by atoms with E-state index in [-0.39, 0.29) is 11.5 Å². The number of ether oxygens (including phenoxy) is 1. The maximum Gasteiger partial charge on any atom is 0.335 e. The average Bonchev–Trinajstić information content (AvgIpc) is 2.61. The number of nitrogens with one attached hydrogen (secondary N) is 1. The van der Waals surface area contributed by atoms with E-state index >= 15 is 0 Å². The number of carbonyl (C=O) groups is 2. The standard InChI is InChI=1S/C22H27NO4/c1-15-9-10-16(2)19(13-15)27-12-6-11-22(3,4)21(26)23-18-8-5-7-17(14-18)20(24)25/h5,7-10,13-14H,6,11-12H2,1-4H3,(H,23,26)(H,24,25). The Morgan fingerprint density at radius 3 is 2.56 bits per heavy atom. The summed E-state index contributed by atoms with van der Waals surface area (Å²) in [7, 11) is 0. The molecule has 0 aliphatic rings. The van der Waals surface area contributed by atoms with Gasteiger partial charge < -0.3 is 15.2 Å². The highest BCUT2D eigenvalue weighted by Gasteiger charge is 2.27. The molecule has 5 heteroatoms. The second kappa shape index (κ2) is 8.71. The van der Waals surface area contributed by atoms with Gasteiger partial charge in [0.2, 0.25) is 5.91 Å². The lowest BCUT2D eigenvalue weighted by molar-refractivity contribution is -0.124. The highest BCUT2D eigenvalue weighted by Crippen LogP contribution is 2.26. The average molecular weight is 369 g/mol. The Morgan fingerprint density at radius 1 is 1.11 bits per heavy atom. The third kappa shape index (κ3) is 5.84. The Balaban J connectivity index is 1.88. The summed E-state index contributed by atoms with van der Waals surface area (Å²) in [6.45, 7) is 8.33. The number of aromatic carboxylic acids is 1. The summed E-state index contributed by atoms with van der Waals surface area (Å²) in [6.07, 6.45) is 1.39. The van der Waals surface area contributed by atoms with Crippen LogP contribution in [0, 0.1) is 19.3 Å². The highest BCUT2D eigenvalue weighted by molar-refractivity contribution is 5.96. The van der Waals surface area contributed by atoms with E-state index in [9.17, 15) is 9.59 Å². The van der Waals surface area contributed by atoms with Crippen molar-refractivity contribution in [1.82, 2.24) is 0 Å². The molecule has 5 nitrogen and oxygen atoms in total. The maximum atomic E-state index is 12.6. The van der Waals surface area contributed by atoms with Crippen molar-refractivity contribution in [3.63, 3.8) is 0 Å². The minimum atomic E-state index is -1.02. The maximum absolute atomic E-state index is 12.6. The van der Waals surface area contributed by atoms with Crippen molar-refractivity contribution >= 4 is 17.6 Å². The summed E-state index contributed by atoms with van der Waals surface area (Å²) in [5.41, 5.74) is 2.28. The monoisotopic (exact) mass is 369 g/mol. The number of anilines is 1. The smallest absolute Gasteiger partial charge is 0.335 e. The number of carboxylic acid groups (broad SMARTS) is 1. The van der Waals surface area contributed by atoms with Crippen LogP contribution in [0.2, 0.25) is 0 Å². The van der Waals surface area contributed by atoms with Crippen molar-refractivity contribution in [2.75, 3.05) is 11.9 Å². The lowest BCUT2D eigenvalue weighted by atomic mass is 9.87. The molecular formula is C22H27NO4. The molecule has 0 heterocycles. The zero-order valence-corrected chi connectivity index (χ0v) is 16.3. The van der Waals surface area contributed by atoms with Crippen LogP contribution in [-0.4, -0.2) is 23.6 Å². The van der Waals surface area contributed by atoms with Gasteiger partial charge >= 0.3 is 5.97 Å². The molecule has 0 aliphatic heterocycles. The van der Waals surface area contributed by atoms with Crippen LogP contribution in [0.4, 0.5) is 5.69 Å². The first-order valence-electron chi connectivity index (χ1n) is 9.04. The second-order valence-corrected chi connectivity index (χ2v) is 7.44. The zero-order valence-electron chi connectivity index (χ0n) is 16.3. The van der Waals surface area contributed by atoms with Crippen LogP contribution in [0.3, 0.4) is 0 Å². The molecule has 0 unspecified atom stereocenters. The normalized spacial score (nSPS) is 11.1. The van der Waals surface area contributed by atoms with Crippen LogP contribution in [0.15, 0.2) is 42.5 Å². The van der Waals surface area contributed by atoms with Gasteiger partial charge in [-0.15, -0.1) is 0 Å². The van der Waals surface area contributed by atoms with Crippen molar-refractivity contribution in [2.45, 2.75) is 40.5 Å². The van der Waals surface area contributed by atoms with Gasteiger partial charge in [-0.1, -0.05) is 32.0 Å². The van der Waals surface area contributed by atoms with Gasteiger partial charge in [0, 0.05) is 11.1 Å². The molecule has 0 saturated carbocycles. The first-order valence-corrected chi connectivity index (χ1v) is 9.04. The van der Waals surface area contributed by atoms with Crippen molar-refractivity contribution in [1.29, 1.82) is 0 Å². The number of hydrogen-bond donors (Lipinski definition) is 2. The first-order chi connectivity index (χ1) is 12.7. The van der Waals surface area contributed by atoms with Gasteiger partial charge in [-0.05, 0) is 62.1 Å². The van der Waals surface area contributed by atoms with Crippen molar-refractivity contribution in [2.24, 2.45) is 5.41 Å². The van der Waals surface area contributed by atoms with E-state index in [1.807, 2.05) is 39.8 Å². The number of amides is 1. The van der Waals surface area contributed by atoms with Gasteiger partial charge in [0.25, 0.3) is 0 Å². The molecule has 0 spiro atoms. The van der Waals surface area contributed by atoms with Crippen molar-refractivity contribution < 1.29 is 19.4 Å². The fourth-order valence-corrected chi connectivity index (χ4v) is 2.70. The van der Waals surface area contributed by atoms with E-state index in [2.05, 4.69) is 11.4 Å². The zero-order chi connectivity index (χ0) is 20.0. The molecule has 144 valence electrons. The van der Waals surface area contributed by atoms with Crippen LogP contribution in [0.1, 0.15) is 48.2 Å². The van der Waals surface area contributed by atoms with Gasteiger partial charge in [0.05, 0.1) is 12.2 Å². The molecule has 0 saturated heterocycles. The van der Waals surface area contributed by atoms with E-state index in [1.54, 1.807) is 12.1 Å². The molecule has 27 heavy (non-hydrogen) atoms. The predicted octanol–water partition coefficient (Wildman–Crippen LogP) is 4.83. The Labute approximate surface area is 160 Å². The molecule has 2 N–H and O–H groups in total.